The molecule has 3 rings (SSSR count). The summed E-state index contributed by atoms with van der Waals surface area (Å²) in [5.74, 6) is 0. The lowest BCUT2D eigenvalue weighted by atomic mass is 10.3. The fraction of sp³-hybridized carbons (Fsp3) is 0. The molecule has 0 aliphatic carbocycles. The molecule has 0 unspecified atom stereocenters. The quantitative estimate of drug-likeness (QED) is 0.479. The van der Waals surface area contributed by atoms with Crippen molar-refractivity contribution in [2.75, 3.05) is 9.44 Å². The SMILES string of the molecule is O=S(=O)(Nc1nccs1)c1ccc(NS(=O)(=O)c2cc(Cl)c(Cl)cc2Cl)cc1. The maximum absolute atomic E-state index is 12.5. The number of nitrogens with one attached hydrogen (secondary N) is 2. The zero-order chi connectivity index (χ0) is 20.5. The lowest BCUT2D eigenvalue weighted by Gasteiger charge is -2.11. The third kappa shape index (κ3) is 4.70. The zero-order valence-corrected chi connectivity index (χ0v) is 18.3. The van der Waals surface area contributed by atoms with Crippen LogP contribution < -0.4 is 9.44 Å². The van der Waals surface area contributed by atoms with Gasteiger partial charge in [-0.2, -0.15) is 0 Å². The molecule has 0 atom stereocenters. The molecule has 0 spiro atoms. The molecule has 7 nitrogen and oxygen atoms in total. The summed E-state index contributed by atoms with van der Waals surface area (Å²) in [4.78, 5) is 3.54. The molecule has 0 aliphatic rings. The third-order valence-electron chi connectivity index (χ3n) is 3.34. The van der Waals surface area contributed by atoms with Gasteiger partial charge in [0.2, 0.25) is 0 Å². The van der Waals surface area contributed by atoms with Crippen LogP contribution in [0.4, 0.5) is 10.8 Å². The lowest BCUT2D eigenvalue weighted by Crippen LogP contribution is -2.15. The van der Waals surface area contributed by atoms with Crippen molar-refractivity contribution in [2.45, 2.75) is 9.79 Å². The molecule has 1 heterocycles. The van der Waals surface area contributed by atoms with Crippen LogP contribution in [-0.2, 0) is 20.0 Å². The molecule has 2 N–H and O–H groups in total. The topological polar surface area (TPSA) is 105 Å². The van der Waals surface area contributed by atoms with Crippen LogP contribution in [0.3, 0.4) is 0 Å². The van der Waals surface area contributed by atoms with Crippen molar-refractivity contribution in [3.63, 3.8) is 0 Å². The van der Waals surface area contributed by atoms with Crippen LogP contribution in [0.1, 0.15) is 0 Å². The van der Waals surface area contributed by atoms with Gasteiger partial charge in [0, 0.05) is 17.3 Å². The first-order valence-corrected chi connectivity index (χ1v) is 12.3. The summed E-state index contributed by atoms with van der Waals surface area (Å²) in [6.45, 7) is 0. The number of thiazole rings is 1. The van der Waals surface area contributed by atoms with Crippen LogP contribution in [0.5, 0.6) is 0 Å². The molecule has 0 saturated heterocycles. The van der Waals surface area contributed by atoms with Gasteiger partial charge in [0.25, 0.3) is 20.0 Å². The predicted octanol–water partition coefficient (Wildman–Crippen LogP) is 4.70. The number of aromatic nitrogens is 1. The smallest absolute Gasteiger partial charge is 0.263 e. The summed E-state index contributed by atoms with van der Waals surface area (Å²) in [7, 11) is -7.92. The lowest BCUT2D eigenvalue weighted by molar-refractivity contribution is 0.600. The van der Waals surface area contributed by atoms with E-state index in [0.717, 1.165) is 17.4 Å². The van der Waals surface area contributed by atoms with Crippen LogP contribution in [0.25, 0.3) is 0 Å². The predicted molar refractivity (Wildman–Crippen MR) is 112 cm³/mol. The Kier molecular flexibility index (Phi) is 6.08. The largest absolute Gasteiger partial charge is 0.280 e. The molecule has 13 heteroatoms. The van der Waals surface area contributed by atoms with Crippen LogP contribution in [0.2, 0.25) is 15.1 Å². The number of hydrogen-bond acceptors (Lipinski definition) is 6. The summed E-state index contributed by atoms with van der Waals surface area (Å²) in [5, 5.41) is 1.89. The van der Waals surface area contributed by atoms with E-state index in [1.165, 1.54) is 36.5 Å². The van der Waals surface area contributed by atoms with Gasteiger partial charge in [-0.25, -0.2) is 21.8 Å². The molecule has 0 saturated carbocycles. The van der Waals surface area contributed by atoms with Crippen LogP contribution in [0.15, 0.2) is 57.8 Å². The van der Waals surface area contributed by atoms with Crippen molar-refractivity contribution in [1.82, 2.24) is 4.98 Å². The van der Waals surface area contributed by atoms with Gasteiger partial charge in [-0.3, -0.25) is 9.44 Å². The Morgan fingerprint density at radius 3 is 2.07 bits per heavy atom. The number of halogens is 3. The number of sulfonamides is 2. The Balaban J connectivity index is 1.83. The van der Waals surface area contributed by atoms with Crippen LogP contribution >= 0.6 is 46.1 Å². The molecule has 1 aromatic heterocycles. The van der Waals surface area contributed by atoms with Gasteiger partial charge in [-0.05, 0) is 36.4 Å². The number of anilines is 2. The van der Waals surface area contributed by atoms with E-state index in [2.05, 4.69) is 14.4 Å². The highest BCUT2D eigenvalue weighted by atomic mass is 35.5. The van der Waals surface area contributed by atoms with E-state index in [0.29, 0.717) is 0 Å². The average molecular weight is 499 g/mol. The molecule has 0 aliphatic heterocycles. The van der Waals surface area contributed by atoms with E-state index in [1.54, 1.807) is 5.38 Å². The van der Waals surface area contributed by atoms with E-state index >= 15 is 0 Å². The summed E-state index contributed by atoms with van der Waals surface area (Å²) < 4.78 is 54.3. The van der Waals surface area contributed by atoms with Gasteiger partial charge >= 0.3 is 0 Å². The molecule has 148 valence electrons. The molecule has 28 heavy (non-hydrogen) atoms. The van der Waals surface area contributed by atoms with E-state index in [1.807, 2.05) is 0 Å². The van der Waals surface area contributed by atoms with E-state index in [-0.39, 0.29) is 35.7 Å². The second-order valence-corrected chi connectivity index (χ2v) is 10.7. The Morgan fingerprint density at radius 2 is 1.46 bits per heavy atom. The average Bonchev–Trinajstić information content (AvgIpc) is 3.10. The van der Waals surface area contributed by atoms with Crippen molar-refractivity contribution in [2.24, 2.45) is 0 Å². The third-order valence-corrected chi connectivity index (χ3v) is 8.08. The van der Waals surface area contributed by atoms with Gasteiger partial charge in [-0.15, -0.1) is 11.3 Å². The Morgan fingerprint density at radius 1 is 0.821 bits per heavy atom. The summed E-state index contributed by atoms with van der Waals surface area (Å²) >= 11 is 18.8. The first kappa shape index (κ1) is 21.2. The zero-order valence-electron chi connectivity index (χ0n) is 13.6. The number of nitrogens with zero attached hydrogens (tertiary/aromatic N) is 1. The van der Waals surface area contributed by atoms with Gasteiger partial charge in [0.15, 0.2) is 5.13 Å². The van der Waals surface area contributed by atoms with E-state index in [9.17, 15) is 16.8 Å². The monoisotopic (exact) mass is 497 g/mol. The molecular formula is C15H10Cl3N3O4S3. The minimum absolute atomic E-state index is 0.0288. The highest BCUT2D eigenvalue weighted by molar-refractivity contribution is 7.93. The van der Waals surface area contributed by atoms with E-state index in [4.69, 9.17) is 34.8 Å². The van der Waals surface area contributed by atoms with Crippen LogP contribution in [-0.4, -0.2) is 21.8 Å². The Labute approximate surface area is 180 Å². The van der Waals surface area contributed by atoms with Crippen molar-refractivity contribution in [1.29, 1.82) is 0 Å². The van der Waals surface area contributed by atoms with Gasteiger partial charge < -0.3 is 0 Å². The first-order chi connectivity index (χ1) is 13.1. The molecule has 0 bridgehead atoms. The molecule has 0 radical (unpaired) electrons. The maximum atomic E-state index is 12.5. The van der Waals surface area contributed by atoms with Crippen molar-refractivity contribution in [3.05, 3.63) is 63.0 Å². The highest BCUT2D eigenvalue weighted by Crippen LogP contribution is 2.32. The first-order valence-electron chi connectivity index (χ1n) is 7.28. The Bertz CT molecular complexity index is 1210. The standard InChI is InChI=1S/C15H10Cl3N3O4S3/c16-11-7-13(18)14(8-12(11)17)28(24,25)20-9-1-3-10(4-2-9)27(22,23)21-15-19-5-6-26-15/h1-8,20H,(H,19,21). The van der Waals surface area contributed by atoms with Crippen LogP contribution in [0, 0.1) is 0 Å². The second kappa shape index (κ2) is 8.05. The minimum Gasteiger partial charge on any atom is -0.280 e. The summed E-state index contributed by atoms with van der Waals surface area (Å²) in [6, 6.07) is 7.47. The summed E-state index contributed by atoms with van der Waals surface area (Å²) in [5.41, 5.74) is 0.135. The van der Waals surface area contributed by atoms with Crippen molar-refractivity contribution < 1.29 is 16.8 Å². The molecule has 0 fully saturated rings. The molecule has 3 aromatic rings. The fourth-order valence-electron chi connectivity index (χ4n) is 2.07. The highest BCUT2D eigenvalue weighted by Gasteiger charge is 2.21. The Hall–Kier alpha value is -1.56. The number of benzene rings is 2. The molecule has 2 aromatic carbocycles. The minimum atomic E-state index is -4.07. The maximum Gasteiger partial charge on any atom is 0.263 e. The normalized spacial score (nSPS) is 12.0. The van der Waals surface area contributed by atoms with E-state index < -0.39 is 20.0 Å². The second-order valence-electron chi connectivity index (χ2n) is 5.27. The fourth-order valence-corrected chi connectivity index (χ4v) is 5.92. The number of hydrogen-bond donors (Lipinski definition) is 2. The molecule has 0 amide bonds. The van der Waals surface area contributed by atoms with Crippen molar-refractivity contribution >= 4 is 77.0 Å². The summed E-state index contributed by atoms with van der Waals surface area (Å²) in [6.07, 6.45) is 1.47. The van der Waals surface area contributed by atoms with Crippen molar-refractivity contribution in [3.8, 4) is 0 Å². The molecular weight excluding hydrogens is 489 g/mol. The van der Waals surface area contributed by atoms with Gasteiger partial charge in [0.1, 0.15) is 4.90 Å². The van der Waals surface area contributed by atoms with Gasteiger partial charge in [0.05, 0.1) is 20.0 Å². The van der Waals surface area contributed by atoms with Gasteiger partial charge in [-0.1, -0.05) is 34.8 Å². The number of rotatable bonds is 6.